The van der Waals surface area contributed by atoms with Crippen LogP contribution in [0.2, 0.25) is 0 Å². The first-order valence-corrected chi connectivity index (χ1v) is 8.62. The molecule has 2 nitrogen and oxygen atoms in total. The summed E-state index contributed by atoms with van der Waals surface area (Å²) >= 11 is 0. The number of amides is 1. The van der Waals surface area contributed by atoms with Crippen LogP contribution in [0.4, 0.5) is 0 Å². The van der Waals surface area contributed by atoms with Crippen molar-refractivity contribution in [3.8, 4) is 0 Å². The van der Waals surface area contributed by atoms with Crippen molar-refractivity contribution >= 4 is 5.91 Å². The zero-order valence-electron chi connectivity index (χ0n) is 12.8. The third-order valence-corrected chi connectivity index (χ3v) is 6.15. The number of carbonyl (C=O) groups is 1. The van der Waals surface area contributed by atoms with Crippen LogP contribution in [0.3, 0.4) is 0 Å². The molecule has 0 aliphatic heterocycles. The van der Waals surface area contributed by atoms with Crippen LogP contribution in [-0.4, -0.2) is 11.9 Å². The number of benzene rings is 1. The summed E-state index contributed by atoms with van der Waals surface area (Å²) in [5, 5.41) is 3.38. The fourth-order valence-corrected chi connectivity index (χ4v) is 5.29. The van der Waals surface area contributed by atoms with Crippen molar-refractivity contribution in [3.63, 3.8) is 0 Å². The van der Waals surface area contributed by atoms with E-state index < -0.39 is 0 Å². The summed E-state index contributed by atoms with van der Waals surface area (Å²) in [6, 6.07) is 8.54. The molecule has 1 amide bonds. The molecule has 0 unspecified atom stereocenters. The SMILES string of the molecule is CCc1ccc(C(=O)NC2C3CC4CC(C3)CC2C4)cc1. The molecule has 4 fully saturated rings. The van der Waals surface area contributed by atoms with E-state index in [2.05, 4.69) is 24.4 Å². The minimum absolute atomic E-state index is 0.134. The van der Waals surface area contributed by atoms with Crippen molar-refractivity contribution in [2.45, 2.75) is 51.5 Å². The van der Waals surface area contributed by atoms with E-state index in [0.29, 0.717) is 6.04 Å². The molecule has 0 radical (unpaired) electrons. The number of carbonyl (C=O) groups excluding carboxylic acids is 1. The molecule has 0 saturated heterocycles. The van der Waals surface area contributed by atoms with Crippen LogP contribution in [0.1, 0.15) is 54.9 Å². The Morgan fingerprint density at radius 1 is 1.00 bits per heavy atom. The number of nitrogens with one attached hydrogen (secondary N) is 1. The first kappa shape index (κ1) is 13.4. The second-order valence-corrected chi connectivity index (χ2v) is 7.48. The van der Waals surface area contributed by atoms with Gasteiger partial charge in [0.1, 0.15) is 0 Å². The third-order valence-electron chi connectivity index (χ3n) is 6.15. The summed E-state index contributed by atoms with van der Waals surface area (Å²) < 4.78 is 0. The predicted molar refractivity (Wildman–Crippen MR) is 84.1 cm³/mol. The fraction of sp³-hybridized carbons (Fsp3) is 0.632. The van der Waals surface area contributed by atoms with Crippen molar-refractivity contribution in [1.29, 1.82) is 0 Å². The van der Waals surface area contributed by atoms with Gasteiger partial charge in [-0.3, -0.25) is 4.79 Å². The van der Waals surface area contributed by atoms with Crippen LogP contribution in [0.5, 0.6) is 0 Å². The van der Waals surface area contributed by atoms with E-state index in [1.165, 1.54) is 37.7 Å². The summed E-state index contributed by atoms with van der Waals surface area (Å²) in [6.07, 6.45) is 7.91. The van der Waals surface area contributed by atoms with Crippen LogP contribution in [0, 0.1) is 23.7 Å². The molecule has 112 valence electrons. The highest BCUT2D eigenvalue weighted by Crippen LogP contribution is 2.53. The molecule has 0 atom stereocenters. The summed E-state index contributed by atoms with van der Waals surface area (Å²) in [5.74, 6) is 3.56. The molecule has 4 saturated carbocycles. The Bertz CT molecular complexity index is 505. The quantitative estimate of drug-likeness (QED) is 0.898. The van der Waals surface area contributed by atoms with E-state index >= 15 is 0 Å². The van der Waals surface area contributed by atoms with Gasteiger partial charge in [0.2, 0.25) is 0 Å². The Balaban J connectivity index is 1.46. The monoisotopic (exact) mass is 283 g/mol. The second kappa shape index (κ2) is 5.15. The minimum Gasteiger partial charge on any atom is -0.349 e. The molecule has 1 N–H and O–H groups in total. The maximum atomic E-state index is 12.5. The predicted octanol–water partition coefficient (Wildman–Crippen LogP) is 3.80. The third kappa shape index (κ3) is 2.39. The highest BCUT2D eigenvalue weighted by molar-refractivity contribution is 5.94. The molecule has 5 rings (SSSR count). The highest BCUT2D eigenvalue weighted by atomic mass is 16.1. The lowest BCUT2D eigenvalue weighted by Gasteiger charge is -2.54. The molecular formula is C19H25NO. The smallest absolute Gasteiger partial charge is 0.251 e. The summed E-state index contributed by atoms with van der Waals surface area (Å²) in [5.41, 5.74) is 2.11. The van der Waals surface area contributed by atoms with Gasteiger partial charge in [0.05, 0.1) is 0 Å². The van der Waals surface area contributed by atoms with Gasteiger partial charge in [0, 0.05) is 11.6 Å². The second-order valence-electron chi connectivity index (χ2n) is 7.48. The van der Waals surface area contributed by atoms with Gasteiger partial charge < -0.3 is 5.32 Å². The fourth-order valence-electron chi connectivity index (χ4n) is 5.29. The van der Waals surface area contributed by atoms with Crippen LogP contribution in [-0.2, 0) is 6.42 Å². The highest BCUT2D eigenvalue weighted by Gasteiger charge is 2.48. The van der Waals surface area contributed by atoms with Crippen molar-refractivity contribution < 1.29 is 4.79 Å². The summed E-state index contributed by atoms with van der Waals surface area (Å²) in [7, 11) is 0. The minimum atomic E-state index is 0.134. The Kier molecular flexibility index (Phi) is 3.28. The average molecular weight is 283 g/mol. The molecule has 4 bridgehead atoms. The lowest BCUT2D eigenvalue weighted by Crippen LogP contribution is -2.55. The van der Waals surface area contributed by atoms with Crippen LogP contribution in [0.25, 0.3) is 0 Å². The van der Waals surface area contributed by atoms with Gasteiger partial charge in [0.25, 0.3) is 5.91 Å². The molecule has 0 spiro atoms. The first-order valence-electron chi connectivity index (χ1n) is 8.62. The number of hydrogen-bond acceptors (Lipinski definition) is 1. The van der Waals surface area contributed by atoms with E-state index in [4.69, 9.17) is 0 Å². The number of rotatable bonds is 3. The largest absolute Gasteiger partial charge is 0.349 e. The molecule has 0 heterocycles. The van der Waals surface area contributed by atoms with Gasteiger partial charge in [-0.05, 0) is 79.9 Å². The van der Waals surface area contributed by atoms with Gasteiger partial charge in [-0.25, -0.2) is 0 Å². The van der Waals surface area contributed by atoms with Gasteiger partial charge in [-0.2, -0.15) is 0 Å². The maximum absolute atomic E-state index is 12.5. The molecule has 1 aromatic carbocycles. The summed E-state index contributed by atoms with van der Waals surface area (Å²) in [6.45, 7) is 2.14. The normalized spacial score (nSPS) is 36.7. The molecule has 4 aliphatic rings. The van der Waals surface area contributed by atoms with Crippen LogP contribution >= 0.6 is 0 Å². The molecular weight excluding hydrogens is 258 g/mol. The standard InChI is InChI=1S/C19H25NO/c1-2-12-3-5-15(6-4-12)19(21)20-18-16-8-13-7-14(10-16)11-17(18)9-13/h3-6,13-14,16-18H,2,7-11H2,1H3,(H,20,21). The van der Waals surface area contributed by atoms with Crippen molar-refractivity contribution in [1.82, 2.24) is 5.32 Å². The topological polar surface area (TPSA) is 29.1 Å². The van der Waals surface area contributed by atoms with E-state index in [0.717, 1.165) is 35.7 Å². The van der Waals surface area contributed by atoms with Crippen molar-refractivity contribution in [3.05, 3.63) is 35.4 Å². The molecule has 0 aromatic heterocycles. The Hall–Kier alpha value is -1.31. The number of aryl methyl sites for hydroxylation is 1. The van der Waals surface area contributed by atoms with Crippen LogP contribution < -0.4 is 5.32 Å². The molecule has 2 heteroatoms. The Labute approximate surface area is 127 Å². The van der Waals surface area contributed by atoms with Crippen molar-refractivity contribution in [2.75, 3.05) is 0 Å². The maximum Gasteiger partial charge on any atom is 0.251 e. The van der Waals surface area contributed by atoms with Crippen molar-refractivity contribution in [2.24, 2.45) is 23.7 Å². The summed E-state index contributed by atoms with van der Waals surface area (Å²) in [4.78, 5) is 12.5. The molecule has 1 aromatic rings. The number of hydrogen-bond donors (Lipinski definition) is 1. The zero-order valence-corrected chi connectivity index (χ0v) is 12.8. The lowest BCUT2D eigenvalue weighted by molar-refractivity contribution is -0.0119. The van der Waals surface area contributed by atoms with E-state index in [1.54, 1.807) is 0 Å². The zero-order chi connectivity index (χ0) is 14.4. The van der Waals surface area contributed by atoms with Gasteiger partial charge in [-0.15, -0.1) is 0 Å². The molecule has 4 aliphatic carbocycles. The lowest BCUT2D eigenvalue weighted by atomic mass is 9.54. The Morgan fingerprint density at radius 3 is 2.10 bits per heavy atom. The molecule has 21 heavy (non-hydrogen) atoms. The first-order chi connectivity index (χ1) is 10.2. The van der Waals surface area contributed by atoms with E-state index in [9.17, 15) is 4.79 Å². The average Bonchev–Trinajstić information content (AvgIpc) is 2.50. The van der Waals surface area contributed by atoms with Gasteiger partial charge in [-0.1, -0.05) is 19.1 Å². The Morgan fingerprint density at radius 2 is 1.57 bits per heavy atom. The van der Waals surface area contributed by atoms with E-state index in [-0.39, 0.29) is 5.91 Å². The van der Waals surface area contributed by atoms with E-state index in [1.807, 2.05) is 12.1 Å². The van der Waals surface area contributed by atoms with Gasteiger partial charge in [0.15, 0.2) is 0 Å². The van der Waals surface area contributed by atoms with Crippen LogP contribution in [0.15, 0.2) is 24.3 Å². The van der Waals surface area contributed by atoms with Gasteiger partial charge >= 0.3 is 0 Å².